The number of hydrogen-bond donors (Lipinski definition) is 0. The maximum absolute atomic E-state index is 11.6. The smallest absolute Gasteiger partial charge is 0.258 e. The molecule has 1 aromatic heterocycles. The Kier molecular flexibility index (Phi) is 5.79. The van der Waals surface area contributed by atoms with Gasteiger partial charge in [-0.05, 0) is 30.3 Å². The van der Waals surface area contributed by atoms with Crippen LogP contribution in [0.3, 0.4) is 0 Å². The van der Waals surface area contributed by atoms with Crippen molar-refractivity contribution in [3.63, 3.8) is 0 Å². The van der Waals surface area contributed by atoms with E-state index >= 15 is 0 Å². The van der Waals surface area contributed by atoms with Crippen LogP contribution in [0.5, 0.6) is 0 Å². The summed E-state index contributed by atoms with van der Waals surface area (Å²) in [5.41, 5.74) is 2.37. The predicted octanol–water partition coefficient (Wildman–Crippen LogP) is 5.87. The van der Waals surface area contributed by atoms with Gasteiger partial charge in [-0.3, -0.25) is 20.2 Å². The average Bonchev–Trinajstić information content (AvgIpc) is 3.10. The molecular formula is C22H16N3O4S2+. The highest BCUT2D eigenvalue weighted by molar-refractivity contribution is 8.01. The predicted molar refractivity (Wildman–Crippen MR) is 120 cm³/mol. The van der Waals surface area contributed by atoms with Crippen molar-refractivity contribution in [2.45, 2.75) is 9.10 Å². The first kappa shape index (κ1) is 20.7. The third-order valence-corrected chi connectivity index (χ3v) is 7.17. The minimum atomic E-state index is -0.629. The summed E-state index contributed by atoms with van der Waals surface area (Å²) in [4.78, 5) is 21.8. The maximum atomic E-state index is 11.6. The van der Waals surface area contributed by atoms with Crippen molar-refractivity contribution < 1.29 is 14.4 Å². The highest BCUT2D eigenvalue weighted by Gasteiger charge is 2.29. The molecule has 0 fully saturated rings. The van der Waals surface area contributed by atoms with Crippen LogP contribution in [-0.4, -0.2) is 9.85 Å². The molecule has 0 aliphatic carbocycles. The molecule has 0 aliphatic heterocycles. The first-order valence-electron chi connectivity index (χ1n) is 9.20. The standard InChI is InChI=1S/C22H16N3O4S2/c1-23-20(15-8-4-2-5-9-15)22(31-21(23)16-10-6-3-7-11-16)30-19-13-12-17(24(26)27)14-18(19)25(28)29/h2-14H,1H3/q+1. The number of nitrogens with zero attached hydrogens (tertiary/aromatic N) is 3. The Morgan fingerprint density at radius 1 is 0.839 bits per heavy atom. The van der Waals surface area contributed by atoms with E-state index in [2.05, 4.69) is 4.57 Å². The Bertz CT molecular complexity index is 1270. The normalized spacial score (nSPS) is 10.7. The van der Waals surface area contributed by atoms with Crippen molar-refractivity contribution in [3.05, 3.63) is 99.1 Å². The molecule has 0 saturated carbocycles. The highest BCUT2D eigenvalue weighted by Crippen LogP contribution is 2.44. The lowest BCUT2D eigenvalue weighted by Gasteiger charge is -2.02. The minimum absolute atomic E-state index is 0.282. The molecule has 0 aliphatic rings. The zero-order valence-electron chi connectivity index (χ0n) is 16.3. The summed E-state index contributed by atoms with van der Waals surface area (Å²) in [5, 5.41) is 23.7. The SMILES string of the molecule is C[n+]1c(-c2ccccc2)sc(Sc2ccc([N+](=O)[O-])cc2[N+](=O)[O-])c1-c1ccccc1. The average molecular weight is 451 g/mol. The van der Waals surface area contributed by atoms with Gasteiger partial charge >= 0.3 is 0 Å². The molecule has 0 spiro atoms. The van der Waals surface area contributed by atoms with Gasteiger partial charge in [0.05, 0.1) is 26.4 Å². The Morgan fingerprint density at radius 3 is 2.03 bits per heavy atom. The lowest BCUT2D eigenvalue weighted by Crippen LogP contribution is -2.30. The van der Waals surface area contributed by atoms with E-state index in [4.69, 9.17) is 0 Å². The summed E-state index contributed by atoms with van der Waals surface area (Å²) < 4.78 is 2.94. The second-order valence-corrected chi connectivity index (χ2v) is 8.91. The highest BCUT2D eigenvalue weighted by atomic mass is 32.2. The Labute approximate surface area is 185 Å². The van der Waals surface area contributed by atoms with E-state index in [1.54, 1.807) is 0 Å². The zero-order chi connectivity index (χ0) is 22.0. The van der Waals surface area contributed by atoms with Gasteiger partial charge < -0.3 is 0 Å². The second kappa shape index (κ2) is 8.66. The Morgan fingerprint density at radius 2 is 1.45 bits per heavy atom. The third kappa shape index (κ3) is 4.18. The molecule has 0 bridgehead atoms. The van der Waals surface area contributed by atoms with E-state index in [1.165, 1.54) is 35.2 Å². The van der Waals surface area contributed by atoms with Crippen molar-refractivity contribution >= 4 is 34.5 Å². The fourth-order valence-corrected chi connectivity index (χ4v) is 5.81. The number of non-ortho nitro benzene ring substituents is 1. The van der Waals surface area contributed by atoms with E-state index in [0.717, 1.165) is 32.1 Å². The summed E-state index contributed by atoms with van der Waals surface area (Å²) in [5.74, 6) is 0. The van der Waals surface area contributed by atoms with Crippen molar-refractivity contribution in [1.82, 2.24) is 0 Å². The van der Waals surface area contributed by atoms with Gasteiger partial charge in [-0.25, -0.2) is 0 Å². The largest absolute Gasteiger partial charge is 0.290 e. The lowest BCUT2D eigenvalue weighted by molar-refractivity contribution is -0.646. The topological polar surface area (TPSA) is 90.2 Å². The molecular weight excluding hydrogens is 434 g/mol. The second-order valence-electron chi connectivity index (χ2n) is 6.60. The van der Waals surface area contributed by atoms with E-state index < -0.39 is 9.85 Å². The summed E-state index contributed by atoms with van der Waals surface area (Å²) in [6.45, 7) is 0. The van der Waals surface area contributed by atoms with Crippen LogP contribution >= 0.6 is 23.1 Å². The van der Waals surface area contributed by atoms with Crippen LogP contribution in [0.2, 0.25) is 0 Å². The van der Waals surface area contributed by atoms with Crippen LogP contribution in [0, 0.1) is 20.2 Å². The van der Waals surface area contributed by atoms with Crippen molar-refractivity contribution in [1.29, 1.82) is 0 Å². The molecule has 0 radical (unpaired) electrons. The van der Waals surface area contributed by atoms with Gasteiger partial charge in [0.1, 0.15) is 11.3 Å². The van der Waals surface area contributed by atoms with E-state index in [0.29, 0.717) is 4.90 Å². The Hall–Kier alpha value is -3.56. The molecule has 4 aromatic rings. The number of nitro groups is 2. The summed E-state index contributed by atoms with van der Waals surface area (Å²) in [7, 11) is 1.97. The maximum Gasteiger partial charge on any atom is 0.290 e. The molecule has 9 heteroatoms. The first-order valence-corrected chi connectivity index (χ1v) is 10.8. The van der Waals surface area contributed by atoms with Gasteiger partial charge in [-0.2, -0.15) is 4.57 Å². The molecule has 0 amide bonds. The van der Waals surface area contributed by atoms with Crippen LogP contribution in [-0.2, 0) is 7.05 Å². The van der Waals surface area contributed by atoms with Gasteiger partial charge in [0, 0.05) is 11.6 Å². The number of hydrogen-bond acceptors (Lipinski definition) is 6. The van der Waals surface area contributed by atoms with E-state index in [9.17, 15) is 20.2 Å². The third-order valence-electron chi connectivity index (χ3n) is 4.64. The quantitative estimate of drug-likeness (QED) is 0.208. The summed E-state index contributed by atoms with van der Waals surface area (Å²) in [6, 6.07) is 23.5. The molecule has 31 heavy (non-hydrogen) atoms. The number of benzene rings is 3. The van der Waals surface area contributed by atoms with Crippen LogP contribution < -0.4 is 4.57 Å². The molecule has 0 saturated heterocycles. The van der Waals surface area contributed by atoms with Gasteiger partial charge in [0.15, 0.2) is 0 Å². The molecule has 1 heterocycles. The summed E-state index contributed by atoms with van der Waals surface area (Å²) in [6.07, 6.45) is 0. The lowest BCUT2D eigenvalue weighted by atomic mass is 10.1. The monoisotopic (exact) mass is 450 g/mol. The molecule has 0 unspecified atom stereocenters. The number of thiazole rings is 1. The molecule has 4 rings (SSSR count). The van der Waals surface area contributed by atoms with Crippen molar-refractivity contribution in [2.75, 3.05) is 0 Å². The first-order chi connectivity index (χ1) is 15.0. The molecule has 7 nitrogen and oxygen atoms in total. The number of aromatic nitrogens is 1. The van der Waals surface area contributed by atoms with Crippen molar-refractivity contribution in [2.24, 2.45) is 7.05 Å². The van der Waals surface area contributed by atoms with Gasteiger partial charge in [-0.1, -0.05) is 59.5 Å². The Balaban J connectivity index is 1.87. The number of rotatable bonds is 6. The van der Waals surface area contributed by atoms with E-state index in [1.807, 2.05) is 67.7 Å². The van der Waals surface area contributed by atoms with Crippen molar-refractivity contribution in [3.8, 4) is 21.8 Å². The molecule has 154 valence electrons. The van der Waals surface area contributed by atoms with Crippen LogP contribution in [0.4, 0.5) is 11.4 Å². The number of nitro benzene ring substituents is 2. The minimum Gasteiger partial charge on any atom is -0.258 e. The van der Waals surface area contributed by atoms with Gasteiger partial charge in [0.2, 0.25) is 5.69 Å². The molecule has 3 aromatic carbocycles. The van der Waals surface area contributed by atoms with Gasteiger partial charge in [-0.15, -0.1) is 0 Å². The zero-order valence-corrected chi connectivity index (χ0v) is 17.9. The fraction of sp³-hybridized carbons (Fsp3) is 0.0455. The van der Waals surface area contributed by atoms with Crippen LogP contribution in [0.1, 0.15) is 0 Å². The fourth-order valence-electron chi connectivity index (χ4n) is 3.20. The van der Waals surface area contributed by atoms with Gasteiger partial charge in [0.25, 0.3) is 16.4 Å². The van der Waals surface area contributed by atoms with E-state index in [-0.39, 0.29) is 11.4 Å². The van der Waals surface area contributed by atoms with Crippen LogP contribution in [0.25, 0.3) is 21.8 Å². The molecule has 0 N–H and O–H groups in total. The van der Waals surface area contributed by atoms with Crippen LogP contribution in [0.15, 0.2) is 88.0 Å². The summed E-state index contributed by atoms with van der Waals surface area (Å²) >= 11 is 2.78. The molecule has 0 atom stereocenters.